The fourth-order valence-electron chi connectivity index (χ4n) is 3.26. The lowest BCUT2D eigenvalue weighted by molar-refractivity contribution is 0.201. The number of nitrogens with one attached hydrogen (secondary N) is 1. The van der Waals surface area contributed by atoms with Crippen molar-refractivity contribution in [3.8, 4) is 0 Å². The zero-order chi connectivity index (χ0) is 14.0. The van der Waals surface area contributed by atoms with Gasteiger partial charge in [0.2, 0.25) is 0 Å². The SMILES string of the molecule is CCCNC1CCC(C)CC1n1nc(C)c(C)c1C. The maximum absolute atomic E-state index is 4.80. The molecule has 19 heavy (non-hydrogen) atoms. The van der Waals surface area contributed by atoms with Gasteiger partial charge in [0.25, 0.3) is 0 Å². The van der Waals surface area contributed by atoms with Crippen molar-refractivity contribution in [2.45, 2.75) is 72.4 Å². The molecule has 1 saturated carbocycles. The Kier molecular flexibility index (Phi) is 4.67. The number of hydrogen-bond donors (Lipinski definition) is 1. The number of hydrogen-bond acceptors (Lipinski definition) is 2. The van der Waals surface area contributed by atoms with Crippen LogP contribution in [0.4, 0.5) is 0 Å². The van der Waals surface area contributed by atoms with Crippen LogP contribution in [0.25, 0.3) is 0 Å². The Balaban J connectivity index is 2.23. The Bertz CT molecular complexity index is 420. The van der Waals surface area contributed by atoms with Gasteiger partial charge in [0.05, 0.1) is 11.7 Å². The molecule has 0 saturated heterocycles. The van der Waals surface area contributed by atoms with Crippen LogP contribution in [-0.2, 0) is 0 Å². The van der Waals surface area contributed by atoms with Crippen LogP contribution in [-0.4, -0.2) is 22.4 Å². The summed E-state index contributed by atoms with van der Waals surface area (Å²) in [4.78, 5) is 0. The number of aryl methyl sites for hydroxylation is 1. The van der Waals surface area contributed by atoms with Gasteiger partial charge in [-0.15, -0.1) is 0 Å². The maximum Gasteiger partial charge on any atom is 0.0677 e. The molecular formula is C16H29N3. The lowest BCUT2D eigenvalue weighted by atomic mass is 9.83. The Morgan fingerprint density at radius 1 is 1.26 bits per heavy atom. The van der Waals surface area contributed by atoms with Gasteiger partial charge >= 0.3 is 0 Å². The second-order valence-electron chi connectivity index (χ2n) is 6.29. The van der Waals surface area contributed by atoms with E-state index in [1.807, 2.05) is 0 Å². The molecule has 0 aliphatic heterocycles. The Labute approximate surface area is 117 Å². The van der Waals surface area contributed by atoms with Crippen LogP contribution in [0.2, 0.25) is 0 Å². The van der Waals surface area contributed by atoms with Crippen molar-refractivity contribution in [2.75, 3.05) is 6.54 Å². The van der Waals surface area contributed by atoms with Crippen LogP contribution in [0.3, 0.4) is 0 Å². The van der Waals surface area contributed by atoms with Crippen molar-refractivity contribution < 1.29 is 0 Å². The molecule has 3 atom stereocenters. The quantitative estimate of drug-likeness (QED) is 0.900. The first-order valence-corrected chi connectivity index (χ1v) is 7.80. The van der Waals surface area contributed by atoms with Gasteiger partial charge < -0.3 is 5.32 Å². The number of rotatable bonds is 4. The topological polar surface area (TPSA) is 29.9 Å². The monoisotopic (exact) mass is 263 g/mol. The molecule has 1 N–H and O–H groups in total. The molecule has 0 aromatic carbocycles. The molecule has 0 amide bonds. The zero-order valence-electron chi connectivity index (χ0n) is 13.2. The van der Waals surface area contributed by atoms with E-state index in [1.165, 1.54) is 42.6 Å². The van der Waals surface area contributed by atoms with E-state index in [2.05, 4.69) is 44.6 Å². The molecule has 1 aromatic rings. The lowest BCUT2D eigenvalue weighted by Crippen LogP contribution is -2.42. The Morgan fingerprint density at radius 3 is 2.58 bits per heavy atom. The van der Waals surface area contributed by atoms with E-state index in [9.17, 15) is 0 Å². The number of aromatic nitrogens is 2. The van der Waals surface area contributed by atoms with E-state index in [4.69, 9.17) is 5.10 Å². The first-order chi connectivity index (χ1) is 9.04. The van der Waals surface area contributed by atoms with E-state index in [0.717, 1.165) is 12.5 Å². The van der Waals surface area contributed by atoms with Gasteiger partial charge in [-0.1, -0.05) is 13.8 Å². The second-order valence-corrected chi connectivity index (χ2v) is 6.29. The van der Waals surface area contributed by atoms with Crippen molar-refractivity contribution in [1.29, 1.82) is 0 Å². The minimum absolute atomic E-state index is 0.530. The van der Waals surface area contributed by atoms with Crippen LogP contribution in [0.15, 0.2) is 0 Å². The minimum atomic E-state index is 0.530. The first kappa shape index (κ1) is 14.6. The molecule has 1 aliphatic carbocycles. The van der Waals surface area contributed by atoms with Gasteiger partial charge in [-0.2, -0.15) is 5.10 Å². The lowest BCUT2D eigenvalue weighted by Gasteiger charge is -2.36. The third-order valence-corrected chi connectivity index (χ3v) is 4.74. The summed E-state index contributed by atoms with van der Waals surface area (Å²) in [7, 11) is 0. The van der Waals surface area contributed by atoms with Crippen LogP contribution in [0.5, 0.6) is 0 Å². The van der Waals surface area contributed by atoms with Crippen LogP contribution in [0.1, 0.15) is 62.5 Å². The van der Waals surface area contributed by atoms with E-state index in [-0.39, 0.29) is 0 Å². The van der Waals surface area contributed by atoms with Gasteiger partial charge in [-0.3, -0.25) is 4.68 Å². The number of nitrogens with zero attached hydrogens (tertiary/aromatic N) is 2. The third kappa shape index (κ3) is 3.02. The second kappa shape index (κ2) is 6.08. The summed E-state index contributed by atoms with van der Waals surface area (Å²) in [6, 6.07) is 1.12. The van der Waals surface area contributed by atoms with E-state index < -0.39 is 0 Å². The van der Waals surface area contributed by atoms with Crippen molar-refractivity contribution in [2.24, 2.45) is 5.92 Å². The standard InChI is InChI=1S/C16H29N3/c1-6-9-17-15-8-7-11(2)10-16(15)19-14(5)12(3)13(4)18-19/h11,15-17H,6-10H2,1-5H3. The highest BCUT2D eigenvalue weighted by molar-refractivity contribution is 5.23. The summed E-state index contributed by atoms with van der Waals surface area (Å²) in [6.45, 7) is 12.3. The molecular weight excluding hydrogens is 234 g/mol. The Hall–Kier alpha value is -0.830. The Morgan fingerprint density at radius 2 is 2.00 bits per heavy atom. The molecule has 1 heterocycles. The van der Waals surface area contributed by atoms with E-state index >= 15 is 0 Å². The molecule has 108 valence electrons. The van der Waals surface area contributed by atoms with Crippen molar-refractivity contribution in [3.05, 3.63) is 17.0 Å². The van der Waals surface area contributed by atoms with Crippen LogP contribution in [0, 0.1) is 26.7 Å². The first-order valence-electron chi connectivity index (χ1n) is 7.80. The summed E-state index contributed by atoms with van der Waals surface area (Å²) in [5.74, 6) is 0.814. The highest BCUT2D eigenvalue weighted by atomic mass is 15.3. The van der Waals surface area contributed by atoms with Crippen molar-refractivity contribution in [3.63, 3.8) is 0 Å². The predicted molar refractivity (Wildman–Crippen MR) is 80.6 cm³/mol. The maximum atomic E-state index is 4.80. The van der Waals surface area contributed by atoms with Crippen molar-refractivity contribution >= 4 is 0 Å². The van der Waals surface area contributed by atoms with E-state index in [0.29, 0.717) is 12.1 Å². The van der Waals surface area contributed by atoms with Crippen LogP contribution >= 0.6 is 0 Å². The van der Waals surface area contributed by atoms with Crippen molar-refractivity contribution in [1.82, 2.24) is 15.1 Å². The largest absolute Gasteiger partial charge is 0.312 e. The third-order valence-electron chi connectivity index (χ3n) is 4.74. The fourth-order valence-corrected chi connectivity index (χ4v) is 3.26. The van der Waals surface area contributed by atoms with Gasteiger partial charge in [-0.05, 0) is 64.5 Å². The molecule has 1 aliphatic rings. The summed E-state index contributed by atoms with van der Waals surface area (Å²) in [5, 5.41) is 8.54. The van der Waals surface area contributed by atoms with Gasteiger partial charge in [0, 0.05) is 11.7 Å². The van der Waals surface area contributed by atoms with Crippen LogP contribution < -0.4 is 5.32 Å². The molecule has 0 bridgehead atoms. The summed E-state index contributed by atoms with van der Waals surface area (Å²) >= 11 is 0. The summed E-state index contributed by atoms with van der Waals surface area (Å²) in [5.41, 5.74) is 3.89. The molecule has 3 unspecified atom stereocenters. The van der Waals surface area contributed by atoms with Gasteiger partial charge in [-0.25, -0.2) is 0 Å². The molecule has 3 heteroatoms. The van der Waals surface area contributed by atoms with E-state index in [1.54, 1.807) is 0 Å². The molecule has 0 spiro atoms. The summed E-state index contributed by atoms with van der Waals surface area (Å²) < 4.78 is 2.30. The molecule has 2 rings (SSSR count). The minimum Gasteiger partial charge on any atom is -0.312 e. The molecule has 0 radical (unpaired) electrons. The van der Waals surface area contributed by atoms with Gasteiger partial charge in [0.1, 0.15) is 0 Å². The fraction of sp³-hybridized carbons (Fsp3) is 0.812. The van der Waals surface area contributed by atoms with Gasteiger partial charge in [0.15, 0.2) is 0 Å². The smallest absolute Gasteiger partial charge is 0.0677 e. The zero-order valence-corrected chi connectivity index (χ0v) is 13.2. The highest BCUT2D eigenvalue weighted by Gasteiger charge is 2.31. The normalized spacial score (nSPS) is 27.7. The average molecular weight is 263 g/mol. The molecule has 1 aromatic heterocycles. The molecule has 1 fully saturated rings. The molecule has 3 nitrogen and oxygen atoms in total. The highest BCUT2D eigenvalue weighted by Crippen LogP contribution is 2.34. The predicted octanol–water partition coefficient (Wildman–Crippen LogP) is 3.54. The average Bonchev–Trinajstić information content (AvgIpc) is 2.65. The summed E-state index contributed by atoms with van der Waals surface area (Å²) in [6.07, 6.45) is 5.08.